The first-order valence-electron chi connectivity index (χ1n) is 19.6. The Labute approximate surface area is 269 Å². The van der Waals surface area contributed by atoms with E-state index in [2.05, 4.69) is 27.7 Å². The second kappa shape index (κ2) is 38.3. The van der Waals surface area contributed by atoms with Gasteiger partial charge in [-0.15, -0.1) is 0 Å². The molecule has 2 heteroatoms. The molecule has 0 bridgehead atoms. The summed E-state index contributed by atoms with van der Waals surface area (Å²) in [4.78, 5) is 1.87. The average Bonchev–Trinajstić information content (AvgIpc) is 2.95. The van der Waals surface area contributed by atoms with Crippen LogP contribution in [-0.2, 0) is 0 Å². The Bertz CT molecular complexity index is 401. The molecular weight excluding hydrogens is 518 g/mol. The van der Waals surface area contributed by atoms with E-state index in [-0.39, 0.29) is 12.4 Å². The van der Waals surface area contributed by atoms with Crippen LogP contribution >= 0.6 is 0 Å². The molecule has 0 saturated carbocycles. The molecule has 0 unspecified atom stereocenters. The van der Waals surface area contributed by atoms with Crippen molar-refractivity contribution in [2.75, 3.05) is 13.1 Å². The van der Waals surface area contributed by atoms with Crippen molar-refractivity contribution in [1.82, 2.24) is 0 Å². The molecule has 0 aromatic rings. The van der Waals surface area contributed by atoms with Crippen molar-refractivity contribution in [2.45, 2.75) is 239 Å². The van der Waals surface area contributed by atoms with Gasteiger partial charge in [0.05, 0.1) is 19.1 Å². The molecule has 1 N–H and O–H groups in total. The molecule has 0 fully saturated rings. The van der Waals surface area contributed by atoms with E-state index >= 15 is 0 Å². The second-order valence-electron chi connectivity index (χ2n) is 13.9. The van der Waals surface area contributed by atoms with E-state index in [1.54, 1.807) is 0 Å². The summed E-state index contributed by atoms with van der Waals surface area (Å²) in [6, 6.07) is 0.799. The van der Waals surface area contributed by atoms with Crippen molar-refractivity contribution >= 4 is 0 Å². The van der Waals surface area contributed by atoms with Gasteiger partial charge in [-0.05, 0) is 39.5 Å². The predicted octanol–water partition coefficient (Wildman–Crippen LogP) is 9.81. The molecular formula is C39H82ClN. The van der Waals surface area contributed by atoms with Crippen LogP contribution in [0.1, 0.15) is 233 Å². The third kappa shape index (κ3) is 36.3. The standard InChI is InChI=1S/C39H81N.ClH/c1-5-7-9-11-13-15-17-19-21-23-25-27-29-31-33-35-37-40(39(3)4)38-36-34-32-30-28-26-24-22-20-18-16-14-12-10-8-6-2;/h39H,5-38H2,1-4H3;1H. The Balaban J connectivity index is 0. The zero-order valence-electron chi connectivity index (χ0n) is 29.5. The van der Waals surface area contributed by atoms with Crippen molar-refractivity contribution in [3.05, 3.63) is 0 Å². The molecule has 250 valence electrons. The van der Waals surface area contributed by atoms with Crippen LogP contribution in [0.5, 0.6) is 0 Å². The maximum atomic E-state index is 2.44. The van der Waals surface area contributed by atoms with Gasteiger partial charge in [-0.2, -0.15) is 0 Å². The normalized spacial score (nSPS) is 11.6. The Morgan fingerprint density at radius 1 is 0.293 bits per heavy atom. The molecule has 0 aliphatic heterocycles. The average molecular weight is 601 g/mol. The van der Waals surface area contributed by atoms with E-state index in [1.807, 2.05) is 4.90 Å². The summed E-state index contributed by atoms with van der Waals surface area (Å²) in [6.45, 7) is 12.3. The highest BCUT2D eigenvalue weighted by molar-refractivity contribution is 4.52. The number of halogens is 1. The molecule has 0 rings (SSSR count). The minimum atomic E-state index is 0. The zero-order valence-corrected chi connectivity index (χ0v) is 30.3. The van der Waals surface area contributed by atoms with Crippen molar-refractivity contribution in [2.24, 2.45) is 0 Å². The Morgan fingerprint density at radius 2 is 0.463 bits per heavy atom. The minimum Gasteiger partial charge on any atom is -1.00 e. The maximum Gasteiger partial charge on any atom is 0.0817 e. The van der Waals surface area contributed by atoms with Gasteiger partial charge in [0, 0.05) is 0 Å². The number of rotatable bonds is 35. The van der Waals surface area contributed by atoms with E-state index < -0.39 is 0 Å². The molecule has 0 heterocycles. The highest BCUT2D eigenvalue weighted by Gasteiger charge is 2.12. The molecule has 41 heavy (non-hydrogen) atoms. The summed E-state index contributed by atoms with van der Waals surface area (Å²) in [5.41, 5.74) is 0. The lowest BCUT2D eigenvalue weighted by Crippen LogP contribution is -3.15. The fourth-order valence-electron chi connectivity index (χ4n) is 6.50. The first kappa shape index (κ1) is 43.4. The molecule has 0 amide bonds. The van der Waals surface area contributed by atoms with Crippen LogP contribution in [0, 0.1) is 0 Å². The highest BCUT2D eigenvalue weighted by Crippen LogP contribution is 2.15. The summed E-state index contributed by atoms with van der Waals surface area (Å²) in [6.07, 6.45) is 47.0. The quantitative estimate of drug-likeness (QED) is 0.0691. The Hall–Kier alpha value is 0.250. The third-order valence-electron chi connectivity index (χ3n) is 9.52. The maximum absolute atomic E-state index is 2.44. The van der Waals surface area contributed by atoms with E-state index in [1.165, 1.54) is 219 Å². The van der Waals surface area contributed by atoms with Gasteiger partial charge < -0.3 is 17.3 Å². The number of unbranched alkanes of at least 4 members (excludes halogenated alkanes) is 30. The summed E-state index contributed by atoms with van der Waals surface area (Å²) < 4.78 is 0. The van der Waals surface area contributed by atoms with Crippen LogP contribution in [0.2, 0.25) is 0 Å². The fourth-order valence-corrected chi connectivity index (χ4v) is 6.50. The van der Waals surface area contributed by atoms with E-state index in [0.717, 1.165) is 6.04 Å². The Kier molecular flexibility index (Phi) is 40.5. The van der Waals surface area contributed by atoms with E-state index in [9.17, 15) is 0 Å². The third-order valence-corrected chi connectivity index (χ3v) is 9.52. The zero-order chi connectivity index (χ0) is 29.2. The predicted molar refractivity (Wildman–Crippen MR) is 185 cm³/mol. The largest absolute Gasteiger partial charge is 1.00 e. The van der Waals surface area contributed by atoms with Gasteiger partial charge in [-0.25, -0.2) is 0 Å². The van der Waals surface area contributed by atoms with Crippen LogP contribution in [0.3, 0.4) is 0 Å². The van der Waals surface area contributed by atoms with Crippen LogP contribution in [0.4, 0.5) is 0 Å². The minimum absolute atomic E-state index is 0. The highest BCUT2D eigenvalue weighted by atomic mass is 35.5. The molecule has 0 aliphatic carbocycles. The van der Waals surface area contributed by atoms with E-state index in [0.29, 0.717) is 0 Å². The van der Waals surface area contributed by atoms with Gasteiger partial charge in [0.25, 0.3) is 0 Å². The fraction of sp³-hybridized carbons (Fsp3) is 1.00. The first-order valence-corrected chi connectivity index (χ1v) is 19.6. The number of hydrogen-bond acceptors (Lipinski definition) is 0. The van der Waals surface area contributed by atoms with Gasteiger partial charge in [-0.3, -0.25) is 0 Å². The molecule has 0 radical (unpaired) electrons. The summed E-state index contributed by atoms with van der Waals surface area (Å²) >= 11 is 0. The first-order chi connectivity index (χ1) is 19.7. The second-order valence-corrected chi connectivity index (χ2v) is 13.9. The van der Waals surface area contributed by atoms with E-state index in [4.69, 9.17) is 0 Å². The molecule has 0 saturated heterocycles. The molecule has 0 aliphatic rings. The number of quaternary nitrogens is 1. The molecule has 0 atom stereocenters. The molecule has 1 nitrogen and oxygen atoms in total. The van der Waals surface area contributed by atoms with Gasteiger partial charge in [0.2, 0.25) is 0 Å². The van der Waals surface area contributed by atoms with Gasteiger partial charge >= 0.3 is 0 Å². The van der Waals surface area contributed by atoms with Crippen molar-refractivity contribution in [3.63, 3.8) is 0 Å². The summed E-state index contributed by atoms with van der Waals surface area (Å²) in [7, 11) is 0. The van der Waals surface area contributed by atoms with Gasteiger partial charge in [-0.1, -0.05) is 194 Å². The summed E-state index contributed by atoms with van der Waals surface area (Å²) in [5, 5.41) is 0. The van der Waals surface area contributed by atoms with Gasteiger partial charge in [0.15, 0.2) is 0 Å². The van der Waals surface area contributed by atoms with Gasteiger partial charge in [0.1, 0.15) is 0 Å². The lowest BCUT2D eigenvalue weighted by Gasteiger charge is -2.23. The summed E-state index contributed by atoms with van der Waals surface area (Å²) in [5.74, 6) is 0. The van der Waals surface area contributed by atoms with Crippen molar-refractivity contribution in [1.29, 1.82) is 0 Å². The number of nitrogens with one attached hydrogen (secondary N) is 1. The lowest BCUT2D eigenvalue weighted by molar-refractivity contribution is -0.922. The molecule has 0 aromatic heterocycles. The SMILES string of the molecule is CCCCCCCCCCCCCCCCCC[NH+](CCCCCCCCCCCCCCCCCC)C(C)C.[Cl-]. The van der Waals surface area contributed by atoms with Crippen LogP contribution in [0.15, 0.2) is 0 Å². The van der Waals surface area contributed by atoms with Crippen molar-refractivity contribution in [3.8, 4) is 0 Å². The lowest BCUT2D eigenvalue weighted by atomic mass is 10.0. The Morgan fingerprint density at radius 3 is 0.634 bits per heavy atom. The molecule has 0 spiro atoms. The van der Waals surface area contributed by atoms with Crippen LogP contribution in [-0.4, -0.2) is 19.1 Å². The smallest absolute Gasteiger partial charge is 0.0817 e. The number of hydrogen-bond donors (Lipinski definition) is 1. The topological polar surface area (TPSA) is 4.44 Å². The molecule has 0 aromatic carbocycles. The van der Waals surface area contributed by atoms with Crippen LogP contribution in [0.25, 0.3) is 0 Å². The van der Waals surface area contributed by atoms with Crippen molar-refractivity contribution < 1.29 is 17.3 Å². The monoisotopic (exact) mass is 600 g/mol. The van der Waals surface area contributed by atoms with Crippen LogP contribution < -0.4 is 17.3 Å².